The monoisotopic (exact) mass is 232 g/mol. The van der Waals surface area contributed by atoms with Crippen molar-refractivity contribution in [1.82, 2.24) is 5.32 Å². The third-order valence-corrected chi connectivity index (χ3v) is 2.09. The molecule has 0 fully saturated rings. The van der Waals surface area contributed by atoms with E-state index in [2.05, 4.69) is 22.9 Å². The van der Waals surface area contributed by atoms with Crippen LogP contribution in [-0.4, -0.2) is 23.5 Å². The molecule has 80 valence electrons. The van der Waals surface area contributed by atoms with Gasteiger partial charge in [-0.1, -0.05) is 31.5 Å². The lowest BCUT2D eigenvalue weighted by Crippen LogP contribution is -2.17. The highest BCUT2D eigenvalue weighted by Gasteiger charge is 1.91. The van der Waals surface area contributed by atoms with E-state index in [1.54, 1.807) is 0 Å². The second kappa shape index (κ2) is 10.7. The second-order valence-corrected chi connectivity index (χ2v) is 4.13. The van der Waals surface area contributed by atoms with Crippen LogP contribution in [0.5, 0.6) is 0 Å². The van der Waals surface area contributed by atoms with Crippen LogP contribution in [0.2, 0.25) is 0 Å². The van der Waals surface area contributed by atoms with E-state index in [9.17, 15) is 4.79 Å². The highest BCUT2D eigenvalue weighted by Crippen LogP contribution is 2.02. The molecule has 0 amide bonds. The number of aliphatic imine (C=N–C) groups is 1. The lowest BCUT2D eigenvalue weighted by Gasteiger charge is -2.02. The normalized spacial score (nSPS) is 9.21. The molecule has 0 saturated carbocycles. The van der Waals surface area contributed by atoms with Gasteiger partial charge in [-0.2, -0.15) is 0 Å². The molecule has 0 aromatic heterocycles. The van der Waals surface area contributed by atoms with Gasteiger partial charge in [0.2, 0.25) is 6.08 Å². The molecule has 0 heterocycles. The average Bonchev–Trinajstić information content (AvgIpc) is 2.15. The van der Waals surface area contributed by atoms with Gasteiger partial charge in [0.15, 0.2) is 0 Å². The van der Waals surface area contributed by atoms with Crippen molar-refractivity contribution in [3.8, 4) is 0 Å². The van der Waals surface area contributed by atoms with E-state index in [0.29, 0.717) is 10.9 Å². The van der Waals surface area contributed by atoms with Crippen LogP contribution >= 0.6 is 24.8 Å². The summed E-state index contributed by atoms with van der Waals surface area (Å²) in [6.07, 6.45) is 7.09. The van der Waals surface area contributed by atoms with Crippen LogP contribution in [0.4, 0.5) is 0 Å². The summed E-state index contributed by atoms with van der Waals surface area (Å²) in [5.74, 6) is 0. The van der Waals surface area contributed by atoms with Gasteiger partial charge in [-0.15, -0.1) is 12.6 Å². The number of nitrogens with one attached hydrogen (secondary N) is 1. The number of rotatable bonds is 8. The SMILES string of the molecule is O=C=NCCCCCCCNC(=S)S. The fourth-order valence-corrected chi connectivity index (χ4v) is 1.30. The molecule has 0 aliphatic heterocycles. The van der Waals surface area contributed by atoms with E-state index >= 15 is 0 Å². The zero-order valence-electron chi connectivity index (χ0n) is 8.16. The van der Waals surface area contributed by atoms with Crippen molar-refractivity contribution in [3.63, 3.8) is 0 Å². The summed E-state index contributed by atoms with van der Waals surface area (Å²) in [4.78, 5) is 13.2. The number of nitrogens with zero attached hydrogens (tertiary/aromatic N) is 1. The first kappa shape index (κ1) is 13.6. The van der Waals surface area contributed by atoms with E-state index in [0.717, 1.165) is 25.8 Å². The topological polar surface area (TPSA) is 41.5 Å². The summed E-state index contributed by atoms with van der Waals surface area (Å²) in [6, 6.07) is 0. The minimum Gasteiger partial charge on any atom is -0.371 e. The molecule has 0 aromatic rings. The lowest BCUT2D eigenvalue weighted by atomic mass is 10.1. The minimum absolute atomic E-state index is 0.560. The van der Waals surface area contributed by atoms with Gasteiger partial charge in [0.05, 0.1) is 6.54 Å². The minimum atomic E-state index is 0.560. The van der Waals surface area contributed by atoms with Crippen molar-refractivity contribution in [2.45, 2.75) is 32.1 Å². The summed E-state index contributed by atoms with van der Waals surface area (Å²) in [7, 11) is 0. The average molecular weight is 232 g/mol. The standard InChI is InChI=1S/C9H16N2OS2/c12-8-10-6-4-2-1-3-5-7-11-9(13)14/h1-7H2,(H2,11,13,14). The molecular weight excluding hydrogens is 216 g/mol. The molecule has 3 nitrogen and oxygen atoms in total. The Morgan fingerprint density at radius 2 is 1.93 bits per heavy atom. The Kier molecular flexibility index (Phi) is 10.4. The van der Waals surface area contributed by atoms with Gasteiger partial charge >= 0.3 is 0 Å². The molecule has 0 saturated heterocycles. The molecule has 0 spiro atoms. The molecule has 0 aromatic carbocycles. The second-order valence-electron chi connectivity index (χ2n) is 2.97. The molecule has 0 rings (SSSR count). The summed E-state index contributed by atoms with van der Waals surface area (Å²) in [5, 5.41) is 2.98. The Bertz CT molecular complexity index is 195. The first-order valence-corrected chi connectivity index (χ1v) is 5.63. The number of thiol groups is 1. The van der Waals surface area contributed by atoms with Crippen molar-refractivity contribution in [2.75, 3.05) is 13.1 Å². The van der Waals surface area contributed by atoms with Crippen molar-refractivity contribution in [1.29, 1.82) is 0 Å². The van der Waals surface area contributed by atoms with Crippen LogP contribution in [0, 0.1) is 0 Å². The van der Waals surface area contributed by atoms with E-state index in [-0.39, 0.29) is 0 Å². The van der Waals surface area contributed by atoms with Gasteiger partial charge < -0.3 is 5.32 Å². The van der Waals surface area contributed by atoms with Crippen LogP contribution in [0.25, 0.3) is 0 Å². The van der Waals surface area contributed by atoms with E-state index in [4.69, 9.17) is 12.2 Å². The quantitative estimate of drug-likeness (QED) is 0.221. The first-order chi connectivity index (χ1) is 6.77. The van der Waals surface area contributed by atoms with Crippen LogP contribution in [0.15, 0.2) is 4.99 Å². The highest BCUT2D eigenvalue weighted by molar-refractivity contribution is 8.11. The molecule has 1 N–H and O–H groups in total. The van der Waals surface area contributed by atoms with Gasteiger partial charge in [0.25, 0.3) is 0 Å². The largest absolute Gasteiger partial charge is 0.371 e. The molecular formula is C9H16N2OS2. The van der Waals surface area contributed by atoms with Crippen LogP contribution in [0.3, 0.4) is 0 Å². The fraction of sp³-hybridized carbons (Fsp3) is 0.778. The summed E-state index contributed by atoms with van der Waals surface area (Å²) >= 11 is 8.70. The van der Waals surface area contributed by atoms with Crippen molar-refractivity contribution in [3.05, 3.63) is 0 Å². The van der Waals surface area contributed by atoms with Gasteiger partial charge in [0, 0.05) is 6.54 Å². The van der Waals surface area contributed by atoms with E-state index in [1.807, 2.05) is 0 Å². The predicted octanol–water partition coefficient (Wildman–Crippen LogP) is 2.08. The third-order valence-electron chi connectivity index (χ3n) is 1.79. The van der Waals surface area contributed by atoms with Crippen LogP contribution in [0.1, 0.15) is 32.1 Å². The number of hydrogen-bond donors (Lipinski definition) is 2. The lowest BCUT2D eigenvalue weighted by molar-refractivity contribution is 0.560. The summed E-state index contributed by atoms with van der Waals surface area (Å²) in [6.45, 7) is 1.51. The van der Waals surface area contributed by atoms with Gasteiger partial charge in [-0.25, -0.2) is 9.79 Å². The molecule has 0 atom stereocenters. The smallest absolute Gasteiger partial charge is 0.234 e. The Morgan fingerprint density at radius 1 is 1.29 bits per heavy atom. The number of carbonyl (C=O) groups excluding carboxylic acids is 1. The number of hydrogen-bond acceptors (Lipinski definition) is 3. The summed E-state index contributed by atoms with van der Waals surface area (Å²) < 4.78 is 0.560. The maximum Gasteiger partial charge on any atom is 0.234 e. The summed E-state index contributed by atoms with van der Waals surface area (Å²) in [5.41, 5.74) is 0. The molecule has 5 heteroatoms. The van der Waals surface area contributed by atoms with E-state index < -0.39 is 0 Å². The molecule has 14 heavy (non-hydrogen) atoms. The molecule has 0 aliphatic carbocycles. The van der Waals surface area contributed by atoms with E-state index in [1.165, 1.54) is 18.9 Å². The number of unbranched alkanes of at least 4 members (excludes halogenated alkanes) is 4. The Morgan fingerprint density at radius 3 is 2.57 bits per heavy atom. The van der Waals surface area contributed by atoms with Crippen LogP contribution in [-0.2, 0) is 4.79 Å². The van der Waals surface area contributed by atoms with Crippen molar-refractivity contribution < 1.29 is 4.79 Å². The van der Waals surface area contributed by atoms with Crippen LogP contribution < -0.4 is 5.32 Å². The maximum absolute atomic E-state index is 9.72. The highest BCUT2D eigenvalue weighted by atomic mass is 32.1. The molecule has 0 aliphatic rings. The molecule has 0 unspecified atom stereocenters. The van der Waals surface area contributed by atoms with Crippen molar-refractivity contribution >= 4 is 35.2 Å². The Hall–Kier alpha value is -0.380. The van der Waals surface area contributed by atoms with Crippen molar-refractivity contribution in [2.24, 2.45) is 4.99 Å². The van der Waals surface area contributed by atoms with Gasteiger partial charge in [0.1, 0.15) is 4.32 Å². The predicted molar refractivity (Wildman–Crippen MR) is 65.7 cm³/mol. The molecule has 0 bridgehead atoms. The zero-order valence-corrected chi connectivity index (χ0v) is 9.87. The zero-order chi connectivity index (χ0) is 10.6. The Labute approximate surface area is 95.8 Å². The Balaban J connectivity index is 2.99. The number of isocyanates is 1. The number of thiocarbonyl (C=S) groups is 1. The van der Waals surface area contributed by atoms with Gasteiger partial charge in [-0.3, -0.25) is 0 Å². The maximum atomic E-state index is 9.72. The first-order valence-electron chi connectivity index (χ1n) is 4.78. The fourth-order valence-electron chi connectivity index (χ4n) is 1.09. The van der Waals surface area contributed by atoms with Gasteiger partial charge in [-0.05, 0) is 12.8 Å². The molecule has 0 radical (unpaired) electrons. The third kappa shape index (κ3) is 11.6.